The Morgan fingerprint density at radius 3 is 2.87 bits per heavy atom. The molecule has 0 spiro atoms. The molecule has 0 atom stereocenters. The average Bonchev–Trinajstić information content (AvgIpc) is 3.25. The molecule has 0 aromatic carbocycles. The van der Waals surface area contributed by atoms with Crippen LogP contribution in [0.3, 0.4) is 0 Å². The third-order valence-electron chi connectivity index (χ3n) is 4.52. The number of hydrogen-bond donors (Lipinski definition) is 0. The van der Waals surface area contributed by atoms with Gasteiger partial charge in [0.15, 0.2) is 5.65 Å². The molecule has 0 unspecified atom stereocenters. The highest BCUT2D eigenvalue weighted by atomic mass is 32.1. The molecule has 0 radical (unpaired) electrons. The predicted molar refractivity (Wildman–Crippen MR) is 89.6 cm³/mol. The quantitative estimate of drug-likeness (QED) is 0.743. The number of carbonyl (C=O) groups excluding carboxylic acids is 1. The van der Waals surface area contributed by atoms with Gasteiger partial charge in [0, 0.05) is 37.0 Å². The first-order chi connectivity index (χ1) is 11.3. The van der Waals surface area contributed by atoms with Gasteiger partial charge in [-0.2, -0.15) is 16.4 Å². The summed E-state index contributed by atoms with van der Waals surface area (Å²) in [4.78, 5) is 18.7. The Balaban J connectivity index is 1.43. The molecule has 0 N–H and O–H groups in total. The SMILES string of the molecule is O=C(Cc1ccsc1)N1CCC(c2ccnc3ccnn23)CC1. The fourth-order valence-corrected chi connectivity index (χ4v) is 3.94. The van der Waals surface area contributed by atoms with Crippen LogP contribution in [0.4, 0.5) is 0 Å². The second-order valence-corrected chi connectivity index (χ2v) is 6.71. The molecule has 3 aromatic rings. The van der Waals surface area contributed by atoms with E-state index in [0.717, 1.165) is 37.1 Å². The summed E-state index contributed by atoms with van der Waals surface area (Å²) in [6.07, 6.45) is 6.11. The van der Waals surface area contributed by atoms with E-state index in [1.54, 1.807) is 17.5 Å². The minimum absolute atomic E-state index is 0.237. The first kappa shape index (κ1) is 14.4. The van der Waals surface area contributed by atoms with Crippen LogP contribution in [0.2, 0.25) is 0 Å². The normalized spacial score (nSPS) is 16.1. The molecule has 1 fully saturated rings. The second-order valence-electron chi connectivity index (χ2n) is 5.93. The van der Waals surface area contributed by atoms with Crippen molar-refractivity contribution < 1.29 is 4.79 Å². The average molecular weight is 326 g/mol. The molecule has 0 saturated carbocycles. The van der Waals surface area contributed by atoms with Gasteiger partial charge in [0.05, 0.1) is 12.6 Å². The Morgan fingerprint density at radius 1 is 1.22 bits per heavy atom. The summed E-state index contributed by atoms with van der Waals surface area (Å²) in [5, 5.41) is 8.45. The van der Waals surface area contributed by atoms with Crippen molar-refractivity contribution in [2.45, 2.75) is 25.2 Å². The summed E-state index contributed by atoms with van der Waals surface area (Å²) in [7, 11) is 0. The highest BCUT2D eigenvalue weighted by Gasteiger charge is 2.25. The van der Waals surface area contributed by atoms with E-state index >= 15 is 0 Å². The lowest BCUT2D eigenvalue weighted by Crippen LogP contribution is -2.39. The van der Waals surface area contributed by atoms with E-state index < -0.39 is 0 Å². The summed E-state index contributed by atoms with van der Waals surface area (Å²) < 4.78 is 1.92. The smallest absolute Gasteiger partial charge is 0.227 e. The molecule has 23 heavy (non-hydrogen) atoms. The van der Waals surface area contributed by atoms with Gasteiger partial charge in [-0.05, 0) is 41.3 Å². The Kier molecular flexibility index (Phi) is 3.83. The summed E-state index contributed by atoms with van der Waals surface area (Å²) in [6, 6.07) is 6.00. The number of carbonyl (C=O) groups is 1. The lowest BCUT2D eigenvalue weighted by atomic mass is 9.93. The van der Waals surface area contributed by atoms with Gasteiger partial charge in [0.1, 0.15) is 0 Å². The van der Waals surface area contributed by atoms with Crippen LogP contribution >= 0.6 is 11.3 Å². The standard InChI is InChI=1S/C17H18N4OS/c22-17(11-13-5-10-23-12-13)20-8-3-14(4-9-20)15-1-6-18-16-2-7-19-21(15)16/h1-2,5-7,10,12,14H,3-4,8-9,11H2. The number of aromatic nitrogens is 3. The highest BCUT2D eigenvalue weighted by Crippen LogP contribution is 2.28. The molecule has 1 saturated heterocycles. The number of likely N-dealkylation sites (tertiary alicyclic amines) is 1. The van der Waals surface area contributed by atoms with Gasteiger partial charge in [0.2, 0.25) is 5.91 Å². The van der Waals surface area contributed by atoms with Gasteiger partial charge in [0.25, 0.3) is 0 Å². The maximum atomic E-state index is 12.4. The first-order valence-electron chi connectivity index (χ1n) is 7.89. The van der Waals surface area contributed by atoms with E-state index in [4.69, 9.17) is 0 Å². The molecule has 1 amide bonds. The van der Waals surface area contributed by atoms with E-state index in [-0.39, 0.29) is 5.91 Å². The molecule has 4 rings (SSSR count). The number of rotatable bonds is 3. The monoisotopic (exact) mass is 326 g/mol. The zero-order valence-electron chi connectivity index (χ0n) is 12.8. The third-order valence-corrected chi connectivity index (χ3v) is 5.25. The Morgan fingerprint density at radius 2 is 2.09 bits per heavy atom. The predicted octanol–water partition coefficient (Wildman–Crippen LogP) is 2.74. The van der Waals surface area contributed by atoms with Crippen LogP contribution in [0.1, 0.15) is 30.0 Å². The summed E-state index contributed by atoms with van der Waals surface area (Å²) in [6.45, 7) is 1.64. The number of nitrogens with zero attached hydrogens (tertiary/aromatic N) is 4. The topological polar surface area (TPSA) is 50.5 Å². The Hall–Kier alpha value is -2.21. The van der Waals surface area contributed by atoms with Gasteiger partial charge in [-0.25, -0.2) is 9.50 Å². The zero-order chi connectivity index (χ0) is 15.6. The maximum Gasteiger partial charge on any atom is 0.227 e. The highest BCUT2D eigenvalue weighted by molar-refractivity contribution is 7.07. The molecule has 0 bridgehead atoms. The van der Waals surface area contributed by atoms with E-state index in [0.29, 0.717) is 12.3 Å². The second kappa shape index (κ2) is 6.12. The van der Waals surface area contributed by atoms with E-state index in [1.807, 2.05) is 39.2 Å². The molecule has 6 heteroatoms. The zero-order valence-corrected chi connectivity index (χ0v) is 13.6. The number of fused-ring (bicyclic) bond motifs is 1. The Bertz CT molecular complexity index is 803. The van der Waals surface area contributed by atoms with Crippen LogP contribution in [-0.4, -0.2) is 38.5 Å². The fourth-order valence-electron chi connectivity index (χ4n) is 3.27. The van der Waals surface area contributed by atoms with Crippen molar-refractivity contribution >= 4 is 22.9 Å². The van der Waals surface area contributed by atoms with Gasteiger partial charge in [-0.1, -0.05) is 0 Å². The van der Waals surface area contributed by atoms with Crippen molar-refractivity contribution in [3.8, 4) is 0 Å². The van der Waals surface area contributed by atoms with Crippen molar-refractivity contribution in [1.29, 1.82) is 0 Å². The summed E-state index contributed by atoms with van der Waals surface area (Å²) >= 11 is 1.64. The largest absolute Gasteiger partial charge is 0.342 e. The van der Waals surface area contributed by atoms with Gasteiger partial charge < -0.3 is 4.90 Å². The molecular weight excluding hydrogens is 308 g/mol. The molecular formula is C17H18N4OS. The number of piperidine rings is 1. The van der Waals surface area contributed by atoms with Crippen LogP contribution < -0.4 is 0 Å². The lowest BCUT2D eigenvalue weighted by Gasteiger charge is -2.32. The third kappa shape index (κ3) is 2.86. The van der Waals surface area contributed by atoms with Gasteiger partial charge in [-0.3, -0.25) is 4.79 Å². The first-order valence-corrected chi connectivity index (χ1v) is 8.83. The van der Waals surface area contributed by atoms with Crippen LogP contribution in [0.5, 0.6) is 0 Å². The van der Waals surface area contributed by atoms with E-state index in [9.17, 15) is 4.79 Å². The van der Waals surface area contributed by atoms with Crippen molar-refractivity contribution in [3.05, 3.63) is 52.6 Å². The number of amides is 1. The van der Waals surface area contributed by atoms with Gasteiger partial charge >= 0.3 is 0 Å². The summed E-state index contributed by atoms with van der Waals surface area (Å²) in [5.41, 5.74) is 3.21. The molecule has 118 valence electrons. The van der Waals surface area contributed by atoms with Crippen LogP contribution in [0.25, 0.3) is 5.65 Å². The molecule has 1 aliphatic heterocycles. The lowest BCUT2D eigenvalue weighted by molar-refractivity contribution is -0.131. The summed E-state index contributed by atoms with van der Waals surface area (Å²) in [5.74, 6) is 0.673. The minimum atomic E-state index is 0.237. The number of thiophene rings is 1. The van der Waals surface area contributed by atoms with Crippen molar-refractivity contribution in [3.63, 3.8) is 0 Å². The Labute approximate surface area is 138 Å². The molecule has 3 aromatic heterocycles. The van der Waals surface area contributed by atoms with Gasteiger partial charge in [-0.15, -0.1) is 0 Å². The van der Waals surface area contributed by atoms with Crippen molar-refractivity contribution in [2.75, 3.05) is 13.1 Å². The van der Waals surface area contributed by atoms with Crippen molar-refractivity contribution in [2.24, 2.45) is 0 Å². The number of hydrogen-bond acceptors (Lipinski definition) is 4. The molecule has 1 aliphatic rings. The van der Waals surface area contributed by atoms with E-state index in [2.05, 4.69) is 15.5 Å². The fraction of sp³-hybridized carbons (Fsp3) is 0.353. The molecule has 4 heterocycles. The van der Waals surface area contributed by atoms with Crippen molar-refractivity contribution in [1.82, 2.24) is 19.5 Å². The van der Waals surface area contributed by atoms with Crippen LogP contribution in [-0.2, 0) is 11.2 Å². The van der Waals surface area contributed by atoms with Crippen LogP contribution in [0.15, 0.2) is 41.4 Å². The molecule has 5 nitrogen and oxygen atoms in total. The minimum Gasteiger partial charge on any atom is -0.342 e. The van der Waals surface area contributed by atoms with Crippen LogP contribution in [0, 0.1) is 0 Å². The molecule has 0 aliphatic carbocycles. The van der Waals surface area contributed by atoms with E-state index in [1.165, 1.54) is 5.69 Å². The maximum absolute atomic E-state index is 12.4.